The Bertz CT molecular complexity index is 866. The number of carbonyl (C=O) groups is 2. The van der Waals surface area contributed by atoms with Crippen molar-refractivity contribution >= 4 is 28.9 Å². The first-order chi connectivity index (χ1) is 13.0. The number of esters is 1. The number of hydrogen-bond acceptors (Lipinski definition) is 8. The minimum atomic E-state index is -0.988. The minimum Gasteiger partial charge on any atom is -0.486 e. The standard InChI is InChI=1S/C17H16N2O7S/c1-10(15-3-2-6-27-15)18-16(20)9-26-17(21)11-7-13-14(25-5-4-24-13)8-12(11)19(22)23/h2-3,6-8,10H,4-5,9H2,1H3,(H,18,20)/t10-/m0/s1. The third-order valence-corrected chi connectivity index (χ3v) is 4.81. The second-order valence-electron chi connectivity index (χ2n) is 5.65. The molecule has 1 aliphatic rings. The summed E-state index contributed by atoms with van der Waals surface area (Å²) in [5, 5.41) is 15.8. The van der Waals surface area contributed by atoms with Crippen molar-refractivity contribution in [3.05, 3.63) is 50.2 Å². The molecule has 10 heteroatoms. The summed E-state index contributed by atoms with van der Waals surface area (Å²) in [4.78, 5) is 35.7. The molecule has 0 aliphatic carbocycles. The molecule has 3 rings (SSSR count). The zero-order valence-electron chi connectivity index (χ0n) is 14.3. The molecule has 1 amide bonds. The molecular formula is C17H16N2O7S. The van der Waals surface area contributed by atoms with Crippen LogP contribution in [0.5, 0.6) is 11.5 Å². The average molecular weight is 392 g/mol. The Kier molecular flexibility index (Phi) is 5.55. The molecule has 9 nitrogen and oxygen atoms in total. The molecule has 2 aromatic rings. The third kappa shape index (κ3) is 4.34. The van der Waals surface area contributed by atoms with Crippen LogP contribution in [0.15, 0.2) is 29.6 Å². The maximum Gasteiger partial charge on any atom is 0.345 e. The normalized spacial score (nSPS) is 13.5. The highest BCUT2D eigenvalue weighted by atomic mass is 32.1. The Morgan fingerprint density at radius 2 is 2.04 bits per heavy atom. The quantitative estimate of drug-likeness (QED) is 0.456. The van der Waals surface area contributed by atoms with Gasteiger partial charge >= 0.3 is 5.97 Å². The fourth-order valence-corrected chi connectivity index (χ4v) is 3.23. The Morgan fingerprint density at radius 1 is 1.33 bits per heavy atom. The molecule has 1 aromatic carbocycles. The summed E-state index contributed by atoms with van der Waals surface area (Å²) in [5.74, 6) is -1.09. The number of thiophene rings is 1. The van der Waals surface area contributed by atoms with E-state index in [4.69, 9.17) is 14.2 Å². The van der Waals surface area contributed by atoms with Gasteiger partial charge in [-0.3, -0.25) is 14.9 Å². The van der Waals surface area contributed by atoms with E-state index in [-0.39, 0.29) is 36.3 Å². The zero-order valence-corrected chi connectivity index (χ0v) is 15.1. The third-order valence-electron chi connectivity index (χ3n) is 3.76. The van der Waals surface area contributed by atoms with E-state index in [1.54, 1.807) is 6.92 Å². The SMILES string of the molecule is C[C@H](NC(=O)COC(=O)c1cc2c(cc1[N+](=O)[O-])OCCO2)c1cccs1. The van der Waals surface area contributed by atoms with Crippen LogP contribution in [-0.2, 0) is 9.53 Å². The lowest BCUT2D eigenvalue weighted by Gasteiger charge is -2.18. The molecule has 0 unspecified atom stereocenters. The molecule has 0 bridgehead atoms. The van der Waals surface area contributed by atoms with Gasteiger partial charge in [0.2, 0.25) is 0 Å². The first-order valence-electron chi connectivity index (χ1n) is 8.03. The molecule has 142 valence electrons. The van der Waals surface area contributed by atoms with Gasteiger partial charge in [-0.1, -0.05) is 6.07 Å². The van der Waals surface area contributed by atoms with Gasteiger partial charge in [0.05, 0.1) is 17.0 Å². The predicted molar refractivity (Wildman–Crippen MR) is 95.2 cm³/mol. The number of nitrogens with zero attached hydrogens (tertiary/aromatic N) is 1. The molecule has 0 spiro atoms. The Labute approximate surface area is 158 Å². The van der Waals surface area contributed by atoms with Gasteiger partial charge in [0.25, 0.3) is 11.6 Å². The van der Waals surface area contributed by atoms with Crippen LogP contribution in [0.25, 0.3) is 0 Å². The molecule has 1 N–H and O–H groups in total. The second-order valence-corrected chi connectivity index (χ2v) is 6.63. The largest absolute Gasteiger partial charge is 0.486 e. The number of amides is 1. The molecule has 27 heavy (non-hydrogen) atoms. The number of benzene rings is 1. The highest BCUT2D eigenvalue weighted by Gasteiger charge is 2.27. The molecule has 1 aliphatic heterocycles. The van der Waals surface area contributed by atoms with E-state index >= 15 is 0 Å². The van der Waals surface area contributed by atoms with Gasteiger partial charge in [0.1, 0.15) is 18.8 Å². The molecule has 0 saturated carbocycles. The van der Waals surface area contributed by atoms with Crippen molar-refractivity contribution in [1.29, 1.82) is 0 Å². The van der Waals surface area contributed by atoms with Crippen LogP contribution >= 0.6 is 11.3 Å². The maximum absolute atomic E-state index is 12.3. The number of ether oxygens (including phenoxy) is 3. The second kappa shape index (κ2) is 8.04. The number of rotatable bonds is 6. The lowest BCUT2D eigenvalue weighted by Crippen LogP contribution is -2.30. The fraction of sp³-hybridized carbons (Fsp3) is 0.294. The summed E-state index contributed by atoms with van der Waals surface area (Å²) in [6, 6.07) is 5.81. The lowest BCUT2D eigenvalue weighted by atomic mass is 10.1. The molecule has 0 radical (unpaired) electrons. The summed E-state index contributed by atoms with van der Waals surface area (Å²) in [6.07, 6.45) is 0. The van der Waals surface area contributed by atoms with Crippen LogP contribution < -0.4 is 14.8 Å². The molecule has 0 saturated heterocycles. The van der Waals surface area contributed by atoms with E-state index in [1.807, 2.05) is 17.5 Å². The lowest BCUT2D eigenvalue weighted by molar-refractivity contribution is -0.385. The summed E-state index contributed by atoms with van der Waals surface area (Å²) in [5.41, 5.74) is -0.778. The Hall–Kier alpha value is -3.14. The number of carbonyl (C=O) groups excluding carboxylic acids is 2. The number of hydrogen-bond donors (Lipinski definition) is 1. The smallest absolute Gasteiger partial charge is 0.345 e. The van der Waals surface area contributed by atoms with E-state index in [9.17, 15) is 19.7 Å². The van der Waals surface area contributed by atoms with Crippen LogP contribution in [-0.4, -0.2) is 36.6 Å². The topological polar surface area (TPSA) is 117 Å². The zero-order chi connectivity index (χ0) is 19.4. The van der Waals surface area contributed by atoms with Gasteiger partial charge in [0.15, 0.2) is 18.1 Å². The van der Waals surface area contributed by atoms with E-state index in [0.717, 1.165) is 10.9 Å². The summed E-state index contributed by atoms with van der Waals surface area (Å²) < 4.78 is 15.6. The van der Waals surface area contributed by atoms with Crippen molar-refractivity contribution in [3.8, 4) is 11.5 Å². The Balaban J connectivity index is 1.66. The summed E-state index contributed by atoms with van der Waals surface area (Å²) in [6.45, 7) is 1.77. The van der Waals surface area contributed by atoms with Crippen LogP contribution in [0.1, 0.15) is 28.2 Å². The molecule has 0 fully saturated rings. The van der Waals surface area contributed by atoms with E-state index in [2.05, 4.69) is 5.32 Å². The van der Waals surface area contributed by atoms with Crippen molar-refractivity contribution < 1.29 is 28.7 Å². The first-order valence-corrected chi connectivity index (χ1v) is 8.91. The van der Waals surface area contributed by atoms with Gasteiger partial charge in [-0.2, -0.15) is 0 Å². The molecule has 1 atom stereocenters. The van der Waals surface area contributed by atoms with Gasteiger partial charge < -0.3 is 19.5 Å². The van der Waals surface area contributed by atoms with Crippen LogP contribution in [0.3, 0.4) is 0 Å². The minimum absolute atomic E-state index is 0.187. The first kappa shape index (κ1) is 18.6. The van der Waals surface area contributed by atoms with Gasteiger partial charge in [-0.15, -0.1) is 11.3 Å². The highest BCUT2D eigenvalue weighted by molar-refractivity contribution is 7.10. The van der Waals surface area contributed by atoms with Crippen molar-refractivity contribution in [3.63, 3.8) is 0 Å². The van der Waals surface area contributed by atoms with Gasteiger partial charge in [0, 0.05) is 10.9 Å². The van der Waals surface area contributed by atoms with E-state index in [0.29, 0.717) is 0 Å². The number of nitrogens with one attached hydrogen (secondary N) is 1. The summed E-state index contributed by atoms with van der Waals surface area (Å²) in [7, 11) is 0. The number of nitro benzene ring substituents is 1. The van der Waals surface area contributed by atoms with Gasteiger partial charge in [-0.05, 0) is 18.4 Å². The van der Waals surface area contributed by atoms with Crippen LogP contribution in [0.2, 0.25) is 0 Å². The van der Waals surface area contributed by atoms with E-state index in [1.165, 1.54) is 17.4 Å². The predicted octanol–water partition coefficient (Wildman–Crippen LogP) is 2.46. The monoisotopic (exact) mass is 392 g/mol. The highest BCUT2D eigenvalue weighted by Crippen LogP contribution is 2.36. The summed E-state index contributed by atoms with van der Waals surface area (Å²) >= 11 is 1.49. The van der Waals surface area contributed by atoms with Crippen molar-refractivity contribution in [2.45, 2.75) is 13.0 Å². The van der Waals surface area contributed by atoms with Crippen LogP contribution in [0.4, 0.5) is 5.69 Å². The average Bonchev–Trinajstić information content (AvgIpc) is 3.20. The number of fused-ring (bicyclic) bond motifs is 1. The molecule has 1 aromatic heterocycles. The van der Waals surface area contributed by atoms with Crippen molar-refractivity contribution in [2.75, 3.05) is 19.8 Å². The fourth-order valence-electron chi connectivity index (χ4n) is 2.49. The Morgan fingerprint density at radius 3 is 2.67 bits per heavy atom. The van der Waals surface area contributed by atoms with Crippen molar-refractivity contribution in [2.24, 2.45) is 0 Å². The van der Waals surface area contributed by atoms with Crippen LogP contribution in [0, 0.1) is 10.1 Å². The van der Waals surface area contributed by atoms with Gasteiger partial charge in [-0.25, -0.2) is 4.79 Å². The number of nitro groups is 1. The molecule has 2 heterocycles. The maximum atomic E-state index is 12.3. The van der Waals surface area contributed by atoms with Crippen molar-refractivity contribution in [1.82, 2.24) is 5.32 Å². The van der Waals surface area contributed by atoms with E-state index < -0.39 is 29.1 Å². The molecular weight excluding hydrogens is 376 g/mol.